The zero-order valence-corrected chi connectivity index (χ0v) is 10.1. The van der Waals surface area contributed by atoms with Crippen molar-refractivity contribution in [3.05, 3.63) is 29.3 Å². The van der Waals surface area contributed by atoms with Crippen LogP contribution in [-0.4, -0.2) is 36.6 Å². The van der Waals surface area contributed by atoms with Crippen molar-refractivity contribution in [2.24, 2.45) is 5.41 Å². The summed E-state index contributed by atoms with van der Waals surface area (Å²) in [6.45, 7) is 4.55. The van der Waals surface area contributed by atoms with Gasteiger partial charge in [-0.05, 0) is 12.5 Å². The van der Waals surface area contributed by atoms with E-state index in [9.17, 15) is 10.2 Å². The molecule has 0 aliphatic carbocycles. The zero-order valence-electron chi connectivity index (χ0n) is 10.1. The highest BCUT2D eigenvalue weighted by molar-refractivity contribution is 5.39. The summed E-state index contributed by atoms with van der Waals surface area (Å²) >= 11 is 0. The van der Waals surface area contributed by atoms with Crippen LogP contribution in [0.25, 0.3) is 0 Å². The molecular formula is C13H19NO3. The van der Waals surface area contributed by atoms with E-state index < -0.39 is 0 Å². The number of benzene rings is 1. The molecule has 0 radical (unpaired) electrons. The average Bonchev–Trinajstić information content (AvgIpc) is 2.28. The maximum atomic E-state index is 9.84. The molecule has 0 spiro atoms. The van der Waals surface area contributed by atoms with Gasteiger partial charge in [0.2, 0.25) is 0 Å². The number of ether oxygens (including phenoxy) is 1. The Kier molecular flexibility index (Phi) is 3.66. The second kappa shape index (κ2) is 5.04. The van der Waals surface area contributed by atoms with Crippen molar-refractivity contribution in [2.75, 3.05) is 26.4 Å². The van der Waals surface area contributed by atoms with Crippen LogP contribution in [0.4, 0.5) is 0 Å². The van der Waals surface area contributed by atoms with Gasteiger partial charge in [0.25, 0.3) is 0 Å². The maximum Gasteiger partial charge on any atom is 0.122 e. The molecule has 1 heterocycles. The van der Waals surface area contributed by atoms with Gasteiger partial charge in [0.1, 0.15) is 5.75 Å². The molecule has 0 aromatic heterocycles. The zero-order chi connectivity index (χ0) is 12.3. The predicted molar refractivity (Wildman–Crippen MR) is 64.9 cm³/mol. The van der Waals surface area contributed by atoms with Gasteiger partial charge in [-0.15, -0.1) is 0 Å². The standard InChI is InChI=1S/C13H19NO3/c1-10-3-2-4-11(12(10)16)5-14-6-13(7-15)8-17-9-13/h2-4,14-16H,5-9H2,1H3. The van der Waals surface area contributed by atoms with E-state index in [-0.39, 0.29) is 12.0 Å². The monoisotopic (exact) mass is 237 g/mol. The van der Waals surface area contributed by atoms with Gasteiger partial charge in [-0.25, -0.2) is 0 Å². The lowest BCUT2D eigenvalue weighted by Gasteiger charge is -2.40. The third-order valence-electron chi connectivity index (χ3n) is 3.29. The van der Waals surface area contributed by atoms with Crippen molar-refractivity contribution in [3.63, 3.8) is 0 Å². The molecule has 1 aliphatic rings. The quantitative estimate of drug-likeness (QED) is 0.709. The van der Waals surface area contributed by atoms with Gasteiger partial charge in [-0.2, -0.15) is 0 Å². The molecule has 1 aromatic rings. The molecule has 3 N–H and O–H groups in total. The second-order valence-electron chi connectivity index (χ2n) is 4.84. The maximum absolute atomic E-state index is 9.84. The van der Waals surface area contributed by atoms with Crippen molar-refractivity contribution in [2.45, 2.75) is 13.5 Å². The number of rotatable bonds is 5. The molecule has 0 unspecified atom stereocenters. The summed E-state index contributed by atoms with van der Waals surface area (Å²) in [4.78, 5) is 0. The number of aliphatic hydroxyl groups excluding tert-OH is 1. The predicted octanol–water partition coefficient (Wildman–Crippen LogP) is 0.799. The molecule has 0 atom stereocenters. The summed E-state index contributed by atoms with van der Waals surface area (Å²) in [5.74, 6) is 0.350. The minimum atomic E-state index is -0.126. The largest absolute Gasteiger partial charge is 0.507 e. The van der Waals surface area contributed by atoms with Crippen LogP contribution in [0.15, 0.2) is 18.2 Å². The molecule has 0 amide bonds. The topological polar surface area (TPSA) is 61.7 Å². The fourth-order valence-electron chi connectivity index (χ4n) is 1.96. The Hall–Kier alpha value is -1.10. The Labute approximate surface area is 101 Å². The number of aryl methyl sites for hydroxylation is 1. The van der Waals surface area contributed by atoms with Crippen LogP contribution in [0.1, 0.15) is 11.1 Å². The number of phenols is 1. The molecule has 0 saturated carbocycles. The summed E-state index contributed by atoms with van der Waals surface area (Å²) in [6.07, 6.45) is 0. The van der Waals surface area contributed by atoms with E-state index in [0.717, 1.165) is 11.1 Å². The lowest BCUT2D eigenvalue weighted by molar-refractivity contribution is -0.134. The van der Waals surface area contributed by atoms with Gasteiger partial charge >= 0.3 is 0 Å². The fourth-order valence-corrected chi connectivity index (χ4v) is 1.96. The van der Waals surface area contributed by atoms with Crippen LogP contribution in [0.2, 0.25) is 0 Å². The van der Waals surface area contributed by atoms with Gasteiger partial charge in [-0.1, -0.05) is 18.2 Å². The summed E-state index contributed by atoms with van der Waals surface area (Å²) in [5.41, 5.74) is 1.64. The Morgan fingerprint density at radius 1 is 1.41 bits per heavy atom. The second-order valence-corrected chi connectivity index (χ2v) is 4.84. The number of nitrogens with one attached hydrogen (secondary N) is 1. The third-order valence-corrected chi connectivity index (χ3v) is 3.29. The molecule has 17 heavy (non-hydrogen) atoms. The van der Waals surface area contributed by atoms with E-state index >= 15 is 0 Å². The van der Waals surface area contributed by atoms with Gasteiger partial charge in [0.05, 0.1) is 25.2 Å². The van der Waals surface area contributed by atoms with E-state index in [1.54, 1.807) is 0 Å². The van der Waals surface area contributed by atoms with Crippen molar-refractivity contribution < 1.29 is 14.9 Å². The molecule has 94 valence electrons. The lowest BCUT2D eigenvalue weighted by Crippen LogP contribution is -2.52. The summed E-state index contributed by atoms with van der Waals surface area (Å²) in [7, 11) is 0. The molecule has 4 nitrogen and oxygen atoms in total. The van der Waals surface area contributed by atoms with Crippen molar-refractivity contribution in [3.8, 4) is 5.75 Å². The van der Waals surface area contributed by atoms with Crippen LogP contribution >= 0.6 is 0 Å². The minimum absolute atomic E-state index is 0.126. The van der Waals surface area contributed by atoms with Crippen molar-refractivity contribution >= 4 is 0 Å². The molecule has 2 rings (SSSR count). The lowest BCUT2D eigenvalue weighted by atomic mass is 9.87. The van der Waals surface area contributed by atoms with Crippen molar-refractivity contribution in [1.82, 2.24) is 5.32 Å². The average molecular weight is 237 g/mol. The Balaban J connectivity index is 1.88. The number of hydrogen-bond acceptors (Lipinski definition) is 4. The molecule has 4 heteroatoms. The van der Waals surface area contributed by atoms with E-state index in [1.807, 2.05) is 25.1 Å². The number of para-hydroxylation sites is 1. The van der Waals surface area contributed by atoms with Crippen molar-refractivity contribution in [1.29, 1.82) is 0 Å². The first kappa shape index (κ1) is 12.4. The van der Waals surface area contributed by atoms with E-state index in [1.165, 1.54) is 0 Å². The number of hydrogen-bond donors (Lipinski definition) is 3. The number of phenolic OH excluding ortho intramolecular Hbond substituents is 1. The molecule has 1 aromatic carbocycles. The van der Waals surface area contributed by atoms with Crippen LogP contribution in [0, 0.1) is 12.3 Å². The summed E-state index contributed by atoms with van der Waals surface area (Å²) < 4.78 is 5.13. The molecule has 1 saturated heterocycles. The molecule has 1 fully saturated rings. The SMILES string of the molecule is Cc1cccc(CNCC2(CO)COC2)c1O. The van der Waals surface area contributed by atoms with Crippen LogP contribution in [0.3, 0.4) is 0 Å². The highest BCUT2D eigenvalue weighted by Crippen LogP contribution is 2.26. The van der Waals surface area contributed by atoms with Gasteiger partial charge in [-0.3, -0.25) is 0 Å². The number of aromatic hydroxyl groups is 1. The normalized spacial score (nSPS) is 17.8. The highest BCUT2D eigenvalue weighted by Gasteiger charge is 2.37. The van der Waals surface area contributed by atoms with Gasteiger partial charge in [0.15, 0.2) is 0 Å². The van der Waals surface area contributed by atoms with Crippen LogP contribution in [-0.2, 0) is 11.3 Å². The summed E-state index contributed by atoms with van der Waals surface area (Å²) in [5, 5.41) is 22.4. The highest BCUT2D eigenvalue weighted by atomic mass is 16.5. The van der Waals surface area contributed by atoms with Gasteiger partial charge < -0.3 is 20.3 Å². The molecular weight excluding hydrogens is 218 g/mol. The smallest absolute Gasteiger partial charge is 0.122 e. The van der Waals surface area contributed by atoms with Crippen LogP contribution < -0.4 is 5.32 Å². The first-order valence-electron chi connectivity index (χ1n) is 5.84. The van der Waals surface area contributed by atoms with Crippen LogP contribution in [0.5, 0.6) is 5.75 Å². The first-order chi connectivity index (χ1) is 8.17. The molecule has 0 bridgehead atoms. The van der Waals surface area contributed by atoms with E-state index in [2.05, 4.69) is 5.32 Å². The van der Waals surface area contributed by atoms with E-state index in [4.69, 9.17) is 4.74 Å². The Morgan fingerprint density at radius 2 is 2.18 bits per heavy atom. The fraction of sp³-hybridized carbons (Fsp3) is 0.538. The number of aliphatic hydroxyl groups is 1. The van der Waals surface area contributed by atoms with E-state index in [0.29, 0.717) is 32.1 Å². The third kappa shape index (κ3) is 2.60. The Morgan fingerprint density at radius 3 is 2.76 bits per heavy atom. The summed E-state index contributed by atoms with van der Waals surface area (Å²) in [6, 6.07) is 5.71. The first-order valence-corrected chi connectivity index (χ1v) is 5.84. The Bertz CT molecular complexity index is 383. The van der Waals surface area contributed by atoms with Gasteiger partial charge in [0, 0.05) is 18.7 Å². The molecule has 1 aliphatic heterocycles. The minimum Gasteiger partial charge on any atom is -0.507 e.